The summed E-state index contributed by atoms with van der Waals surface area (Å²) in [4.78, 5) is 17.9. The molecule has 6 heteroatoms. The smallest absolute Gasteiger partial charge is 0.224 e. The van der Waals surface area contributed by atoms with Crippen LogP contribution in [0, 0.1) is 6.92 Å². The Hall–Kier alpha value is -1.40. The van der Waals surface area contributed by atoms with Gasteiger partial charge in [0.15, 0.2) is 0 Å². The van der Waals surface area contributed by atoms with E-state index in [2.05, 4.69) is 4.98 Å². The molecule has 0 bridgehead atoms. The Kier molecular flexibility index (Phi) is 4.55. The van der Waals surface area contributed by atoms with Gasteiger partial charge in [0.2, 0.25) is 5.91 Å². The second-order valence-electron chi connectivity index (χ2n) is 4.78. The van der Waals surface area contributed by atoms with E-state index in [-0.39, 0.29) is 12.0 Å². The van der Waals surface area contributed by atoms with E-state index < -0.39 is 6.10 Å². The SMILES string of the molecule is CCO[C@H]1CN(C(=O)CCn2ccnc2C)C[C@@H]1O. The van der Waals surface area contributed by atoms with E-state index in [0.29, 0.717) is 32.7 Å². The third-order valence-electron chi connectivity index (χ3n) is 3.46. The summed E-state index contributed by atoms with van der Waals surface area (Å²) in [6.07, 6.45) is 3.19. The highest BCUT2D eigenvalue weighted by atomic mass is 16.5. The highest BCUT2D eigenvalue weighted by Crippen LogP contribution is 2.15. The van der Waals surface area contributed by atoms with E-state index in [1.165, 1.54) is 0 Å². The van der Waals surface area contributed by atoms with Gasteiger partial charge in [-0.25, -0.2) is 4.98 Å². The van der Waals surface area contributed by atoms with E-state index in [4.69, 9.17) is 4.74 Å². The van der Waals surface area contributed by atoms with Crippen LogP contribution in [0.4, 0.5) is 0 Å². The van der Waals surface area contributed by atoms with Crippen molar-refractivity contribution in [1.29, 1.82) is 0 Å². The number of nitrogens with zero attached hydrogens (tertiary/aromatic N) is 3. The van der Waals surface area contributed by atoms with Gasteiger partial charge in [0.05, 0.1) is 6.10 Å². The number of hydrogen-bond donors (Lipinski definition) is 1. The summed E-state index contributed by atoms with van der Waals surface area (Å²) in [5.41, 5.74) is 0. The van der Waals surface area contributed by atoms with Crippen molar-refractivity contribution in [2.75, 3.05) is 19.7 Å². The van der Waals surface area contributed by atoms with Gasteiger partial charge < -0.3 is 19.3 Å². The Balaban J connectivity index is 1.83. The van der Waals surface area contributed by atoms with Crippen LogP contribution in [-0.4, -0.2) is 57.4 Å². The van der Waals surface area contributed by atoms with Crippen LogP contribution in [0.5, 0.6) is 0 Å². The maximum atomic E-state index is 12.1. The van der Waals surface area contributed by atoms with Crippen molar-refractivity contribution in [2.45, 2.75) is 39.0 Å². The largest absolute Gasteiger partial charge is 0.388 e. The number of aliphatic hydroxyl groups excluding tert-OH is 1. The second kappa shape index (κ2) is 6.16. The van der Waals surface area contributed by atoms with Gasteiger partial charge in [-0.1, -0.05) is 0 Å². The van der Waals surface area contributed by atoms with Gasteiger partial charge >= 0.3 is 0 Å². The monoisotopic (exact) mass is 267 g/mol. The molecule has 1 N–H and O–H groups in total. The summed E-state index contributed by atoms with van der Waals surface area (Å²) in [5.74, 6) is 0.954. The molecule has 1 aromatic heterocycles. The maximum Gasteiger partial charge on any atom is 0.224 e. The Labute approximate surface area is 113 Å². The van der Waals surface area contributed by atoms with Gasteiger partial charge in [0, 0.05) is 45.1 Å². The fourth-order valence-corrected chi connectivity index (χ4v) is 2.35. The first-order valence-electron chi connectivity index (χ1n) is 6.67. The number of aliphatic hydroxyl groups is 1. The fraction of sp³-hybridized carbons (Fsp3) is 0.692. The molecule has 0 unspecified atom stereocenters. The molecule has 0 saturated carbocycles. The number of hydrogen-bond acceptors (Lipinski definition) is 4. The summed E-state index contributed by atoms with van der Waals surface area (Å²) >= 11 is 0. The molecule has 1 aliphatic heterocycles. The summed E-state index contributed by atoms with van der Waals surface area (Å²) in [5, 5.41) is 9.80. The summed E-state index contributed by atoms with van der Waals surface area (Å²) in [6, 6.07) is 0. The van der Waals surface area contributed by atoms with E-state index in [1.54, 1.807) is 11.1 Å². The van der Waals surface area contributed by atoms with Crippen molar-refractivity contribution >= 4 is 5.91 Å². The van der Waals surface area contributed by atoms with Crippen molar-refractivity contribution in [2.24, 2.45) is 0 Å². The number of likely N-dealkylation sites (tertiary alicyclic amines) is 1. The predicted octanol–water partition coefficient (Wildman–Crippen LogP) is 0.190. The predicted molar refractivity (Wildman–Crippen MR) is 69.6 cm³/mol. The molecule has 0 aliphatic carbocycles. The summed E-state index contributed by atoms with van der Waals surface area (Å²) in [7, 11) is 0. The minimum absolute atomic E-state index is 0.0503. The van der Waals surface area contributed by atoms with Gasteiger partial charge in [0.1, 0.15) is 11.9 Å². The average molecular weight is 267 g/mol. The maximum absolute atomic E-state index is 12.1. The number of imidazole rings is 1. The zero-order chi connectivity index (χ0) is 13.8. The molecule has 6 nitrogen and oxygen atoms in total. The molecule has 19 heavy (non-hydrogen) atoms. The van der Waals surface area contributed by atoms with Gasteiger partial charge in [-0.2, -0.15) is 0 Å². The molecule has 0 aromatic carbocycles. The van der Waals surface area contributed by atoms with Crippen LogP contribution in [0.2, 0.25) is 0 Å². The van der Waals surface area contributed by atoms with E-state index in [0.717, 1.165) is 5.82 Å². The lowest BCUT2D eigenvalue weighted by Gasteiger charge is -2.16. The number of ether oxygens (including phenoxy) is 1. The lowest BCUT2D eigenvalue weighted by atomic mass is 10.3. The number of carbonyl (C=O) groups is 1. The van der Waals surface area contributed by atoms with Gasteiger partial charge in [-0.05, 0) is 13.8 Å². The molecule has 1 aromatic rings. The highest BCUT2D eigenvalue weighted by molar-refractivity contribution is 5.76. The number of rotatable bonds is 5. The lowest BCUT2D eigenvalue weighted by Crippen LogP contribution is -2.30. The highest BCUT2D eigenvalue weighted by Gasteiger charge is 2.34. The van der Waals surface area contributed by atoms with Crippen LogP contribution >= 0.6 is 0 Å². The standard InChI is InChI=1S/C13H21N3O3/c1-3-19-12-9-16(8-11(12)17)13(18)4-6-15-7-5-14-10(15)2/h5,7,11-12,17H,3-4,6,8-9H2,1-2H3/t11-,12-/m0/s1. The topological polar surface area (TPSA) is 67.6 Å². The Morgan fingerprint density at radius 2 is 2.37 bits per heavy atom. The molecule has 2 atom stereocenters. The molecule has 106 valence electrons. The third kappa shape index (κ3) is 3.33. The number of carbonyl (C=O) groups excluding carboxylic acids is 1. The van der Waals surface area contributed by atoms with Gasteiger partial charge in [0.25, 0.3) is 0 Å². The van der Waals surface area contributed by atoms with Crippen molar-refractivity contribution in [1.82, 2.24) is 14.5 Å². The number of aryl methyl sites for hydroxylation is 2. The lowest BCUT2D eigenvalue weighted by molar-refractivity contribution is -0.131. The van der Waals surface area contributed by atoms with Gasteiger partial charge in [-0.3, -0.25) is 4.79 Å². The van der Waals surface area contributed by atoms with E-state index >= 15 is 0 Å². The molecular weight excluding hydrogens is 246 g/mol. The Morgan fingerprint density at radius 1 is 1.58 bits per heavy atom. The Bertz CT molecular complexity index is 433. The third-order valence-corrected chi connectivity index (χ3v) is 3.46. The number of aromatic nitrogens is 2. The van der Waals surface area contributed by atoms with Crippen molar-refractivity contribution in [3.05, 3.63) is 18.2 Å². The number of β-amino-alcohol motifs (C(OH)–C–C–N with tert-alkyl or cyclic N) is 1. The summed E-state index contributed by atoms with van der Waals surface area (Å²) < 4.78 is 7.35. The minimum atomic E-state index is -0.570. The van der Waals surface area contributed by atoms with E-state index in [9.17, 15) is 9.90 Å². The van der Waals surface area contributed by atoms with Crippen LogP contribution in [0.1, 0.15) is 19.2 Å². The molecule has 1 saturated heterocycles. The first-order valence-corrected chi connectivity index (χ1v) is 6.67. The second-order valence-corrected chi connectivity index (χ2v) is 4.78. The first-order chi connectivity index (χ1) is 9.11. The molecule has 1 amide bonds. The molecule has 2 heterocycles. The molecule has 0 spiro atoms. The zero-order valence-electron chi connectivity index (χ0n) is 11.5. The van der Waals surface area contributed by atoms with Crippen LogP contribution in [-0.2, 0) is 16.1 Å². The fourth-order valence-electron chi connectivity index (χ4n) is 2.35. The zero-order valence-corrected chi connectivity index (χ0v) is 11.5. The molecule has 1 fully saturated rings. The van der Waals surface area contributed by atoms with Gasteiger partial charge in [-0.15, -0.1) is 0 Å². The number of amides is 1. The van der Waals surface area contributed by atoms with Crippen molar-refractivity contribution in [3.63, 3.8) is 0 Å². The molecular formula is C13H21N3O3. The summed E-state index contributed by atoms with van der Waals surface area (Å²) in [6.45, 7) is 5.83. The Morgan fingerprint density at radius 3 is 3.00 bits per heavy atom. The van der Waals surface area contributed by atoms with Crippen LogP contribution in [0.25, 0.3) is 0 Å². The minimum Gasteiger partial charge on any atom is -0.388 e. The quantitative estimate of drug-likeness (QED) is 0.827. The average Bonchev–Trinajstić information content (AvgIpc) is 2.94. The molecule has 1 aliphatic rings. The van der Waals surface area contributed by atoms with E-state index in [1.807, 2.05) is 24.6 Å². The molecule has 0 radical (unpaired) electrons. The first kappa shape index (κ1) is 14.0. The van der Waals surface area contributed by atoms with Crippen LogP contribution < -0.4 is 0 Å². The molecule has 2 rings (SSSR count). The van der Waals surface area contributed by atoms with Crippen LogP contribution in [0.15, 0.2) is 12.4 Å². The van der Waals surface area contributed by atoms with Crippen LogP contribution in [0.3, 0.4) is 0 Å². The normalized spacial score (nSPS) is 23.0. The van der Waals surface area contributed by atoms with Crippen molar-refractivity contribution < 1.29 is 14.6 Å². The van der Waals surface area contributed by atoms with Crippen molar-refractivity contribution in [3.8, 4) is 0 Å².